The molecule has 0 spiro atoms. The van der Waals surface area contributed by atoms with Crippen molar-refractivity contribution < 1.29 is 9.59 Å². The number of hydrogen-bond donors (Lipinski definition) is 2. The Hall–Kier alpha value is -3.08. The Morgan fingerprint density at radius 2 is 1.81 bits per heavy atom. The third-order valence-electron chi connectivity index (χ3n) is 5.53. The Morgan fingerprint density at radius 3 is 2.48 bits per heavy atom. The zero-order chi connectivity index (χ0) is 22.2. The van der Waals surface area contributed by atoms with Gasteiger partial charge in [0.1, 0.15) is 0 Å². The first-order valence-electron chi connectivity index (χ1n) is 11.1. The number of nitrogens with zero attached hydrogens (tertiary/aromatic N) is 1. The lowest BCUT2D eigenvalue weighted by Gasteiger charge is -2.33. The smallest absolute Gasteiger partial charge is 0.253 e. The highest BCUT2D eigenvalue weighted by Gasteiger charge is 2.21. The maximum absolute atomic E-state index is 13.0. The second kappa shape index (κ2) is 10.8. The van der Waals surface area contributed by atoms with Gasteiger partial charge in [-0.3, -0.25) is 9.59 Å². The van der Waals surface area contributed by atoms with Gasteiger partial charge in [-0.1, -0.05) is 51.1 Å². The molecule has 31 heavy (non-hydrogen) atoms. The van der Waals surface area contributed by atoms with Crippen molar-refractivity contribution in [2.75, 3.05) is 29.9 Å². The van der Waals surface area contributed by atoms with Crippen molar-refractivity contribution in [3.63, 3.8) is 0 Å². The summed E-state index contributed by atoms with van der Waals surface area (Å²) >= 11 is 0. The summed E-state index contributed by atoms with van der Waals surface area (Å²) in [5.41, 5.74) is 3.12. The number of piperidine rings is 1. The lowest BCUT2D eigenvalue weighted by atomic mass is 9.97. The largest absolute Gasteiger partial charge is 0.371 e. The van der Waals surface area contributed by atoms with Crippen LogP contribution in [0.15, 0.2) is 54.6 Å². The highest BCUT2D eigenvalue weighted by molar-refractivity contribution is 6.05. The molecule has 2 aromatic carbocycles. The summed E-state index contributed by atoms with van der Waals surface area (Å²) in [6.07, 6.45) is 5.52. The van der Waals surface area contributed by atoms with Gasteiger partial charge >= 0.3 is 0 Å². The number of carbonyl (C=O) groups is 2. The van der Waals surface area contributed by atoms with Crippen molar-refractivity contribution in [1.82, 2.24) is 5.32 Å². The average molecular weight is 420 g/mol. The topological polar surface area (TPSA) is 61.4 Å². The highest BCUT2D eigenvalue weighted by Crippen LogP contribution is 2.29. The number of carbonyl (C=O) groups excluding carboxylic acids is 2. The fraction of sp³-hybridized carbons (Fsp3) is 0.385. The van der Waals surface area contributed by atoms with Crippen molar-refractivity contribution in [2.24, 2.45) is 11.8 Å². The van der Waals surface area contributed by atoms with Gasteiger partial charge in [0.05, 0.1) is 5.56 Å². The Labute approximate surface area is 185 Å². The molecule has 2 N–H and O–H groups in total. The van der Waals surface area contributed by atoms with Crippen LogP contribution in [-0.4, -0.2) is 31.4 Å². The van der Waals surface area contributed by atoms with Gasteiger partial charge in [-0.05, 0) is 54.5 Å². The van der Waals surface area contributed by atoms with Crippen LogP contribution < -0.4 is 15.5 Å². The van der Waals surface area contributed by atoms with Crippen LogP contribution in [0, 0.1) is 11.8 Å². The number of amides is 2. The molecule has 0 atom stereocenters. The molecule has 0 radical (unpaired) electrons. The second-order valence-corrected chi connectivity index (χ2v) is 8.74. The minimum absolute atomic E-state index is 0.0988. The maximum atomic E-state index is 13.0. The Morgan fingerprint density at radius 1 is 1.10 bits per heavy atom. The number of hydrogen-bond acceptors (Lipinski definition) is 3. The van der Waals surface area contributed by atoms with Crippen LogP contribution in [0.5, 0.6) is 0 Å². The molecule has 0 aromatic heterocycles. The van der Waals surface area contributed by atoms with E-state index in [2.05, 4.69) is 36.3 Å². The molecule has 2 amide bonds. The molecule has 0 saturated carbocycles. The molecule has 1 aliphatic rings. The zero-order valence-corrected chi connectivity index (χ0v) is 18.7. The van der Waals surface area contributed by atoms with E-state index in [4.69, 9.17) is 0 Å². The standard InChI is InChI=1S/C26H33N3O2/c1-19(2)18-27-26(31)23-17-22(10-11-24(23)29-15-13-20(3)14-16-29)28-25(30)12-9-21-7-5-4-6-8-21/h4-12,17,19-20H,13-16,18H2,1-3H3,(H,27,31)(H,28,30). The van der Waals surface area contributed by atoms with Gasteiger partial charge in [-0.2, -0.15) is 0 Å². The van der Waals surface area contributed by atoms with Crippen molar-refractivity contribution >= 4 is 29.3 Å². The molecule has 5 heteroatoms. The van der Waals surface area contributed by atoms with Crippen LogP contribution in [0.1, 0.15) is 49.5 Å². The fourth-order valence-electron chi connectivity index (χ4n) is 3.63. The van der Waals surface area contributed by atoms with E-state index in [9.17, 15) is 9.59 Å². The van der Waals surface area contributed by atoms with Crippen LogP contribution in [-0.2, 0) is 4.79 Å². The minimum Gasteiger partial charge on any atom is -0.371 e. The predicted molar refractivity (Wildman–Crippen MR) is 128 cm³/mol. The number of nitrogens with one attached hydrogen (secondary N) is 2. The van der Waals surface area contributed by atoms with Crippen LogP contribution in [0.2, 0.25) is 0 Å². The van der Waals surface area contributed by atoms with Gasteiger partial charge in [0, 0.05) is 37.1 Å². The molecular formula is C26H33N3O2. The van der Waals surface area contributed by atoms with Crippen molar-refractivity contribution in [3.8, 4) is 0 Å². The monoisotopic (exact) mass is 419 g/mol. The number of benzene rings is 2. The minimum atomic E-state index is -0.225. The van der Waals surface area contributed by atoms with E-state index in [0.717, 1.165) is 37.2 Å². The predicted octanol–water partition coefficient (Wildman–Crippen LogP) is 4.96. The normalized spacial score (nSPS) is 14.8. The summed E-state index contributed by atoms with van der Waals surface area (Å²) < 4.78 is 0. The highest BCUT2D eigenvalue weighted by atomic mass is 16.2. The second-order valence-electron chi connectivity index (χ2n) is 8.74. The summed E-state index contributed by atoms with van der Waals surface area (Å²) in [6.45, 7) is 8.92. The molecule has 2 aromatic rings. The van der Waals surface area contributed by atoms with Crippen molar-refractivity contribution in [2.45, 2.75) is 33.6 Å². The van der Waals surface area contributed by atoms with E-state index < -0.39 is 0 Å². The molecule has 164 valence electrons. The fourth-order valence-corrected chi connectivity index (χ4v) is 3.63. The number of anilines is 2. The van der Waals surface area contributed by atoms with E-state index in [-0.39, 0.29) is 11.8 Å². The molecule has 0 unspecified atom stereocenters. The van der Waals surface area contributed by atoms with Gasteiger partial charge in [0.25, 0.3) is 5.91 Å². The molecule has 1 fully saturated rings. The first kappa shape index (κ1) is 22.6. The molecule has 1 saturated heterocycles. The molecule has 0 bridgehead atoms. The third-order valence-corrected chi connectivity index (χ3v) is 5.53. The van der Waals surface area contributed by atoms with E-state index >= 15 is 0 Å². The summed E-state index contributed by atoms with van der Waals surface area (Å²) in [5, 5.41) is 5.91. The molecule has 1 heterocycles. The summed E-state index contributed by atoms with van der Waals surface area (Å²) in [7, 11) is 0. The molecule has 1 aliphatic heterocycles. The lowest BCUT2D eigenvalue weighted by molar-refractivity contribution is -0.111. The third kappa shape index (κ3) is 6.71. The molecule has 0 aliphatic carbocycles. The Balaban J connectivity index is 1.78. The summed E-state index contributed by atoms with van der Waals surface area (Å²) in [5.74, 6) is 0.758. The van der Waals surface area contributed by atoms with E-state index in [1.54, 1.807) is 12.1 Å². The van der Waals surface area contributed by atoms with E-state index in [1.165, 1.54) is 6.08 Å². The number of rotatable bonds is 7. The summed E-state index contributed by atoms with van der Waals surface area (Å²) in [6, 6.07) is 15.3. The average Bonchev–Trinajstić information content (AvgIpc) is 2.77. The van der Waals surface area contributed by atoms with Gasteiger partial charge in [0.15, 0.2) is 0 Å². The van der Waals surface area contributed by atoms with Gasteiger partial charge in [-0.25, -0.2) is 0 Å². The van der Waals surface area contributed by atoms with E-state index in [1.807, 2.05) is 42.5 Å². The molecule has 5 nitrogen and oxygen atoms in total. The Kier molecular flexibility index (Phi) is 7.88. The van der Waals surface area contributed by atoms with Crippen LogP contribution in [0.3, 0.4) is 0 Å². The lowest BCUT2D eigenvalue weighted by Crippen LogP contribution is -2.35. The zero-order valence-electron chi connectivity index (χ0n) is 18.7. The van der Waals surface area contributed by atoms with E-state index in [0.29, 0.717) is 29.6 Å². The summed E-state index contributed by atoms with van der Waals surface area (Å²) in [4.78, 5) is 27.6. The van der Waals surface area contributed by atoms with Gasteiger partial charge < -0.3 is 15.5 Å². The van der Waals surface area contributed by atoms with Gasteiger partial charge in [0.2, 0.25) is 5.91 Å². The maximum Gasteiger partial charge on any atom is 0.253 e. The van der Waals surface area contributed by atoms with Crippen LogP contribution in [0.25, 0.3) is 6.08 Å². The van der Waals surface area contributed by atoms with Crippen molar-refractivity contribution in [3.05, 3.63) is 65.7 Å². The van der Waals surface area contributed by atoms with Crippen LogP contribution >= 0.6 is 0 Å². The Bertz CT molecular complexity index is 914. The SMILES string of the molecule is CC(C)CNC(=O)c1cc(NC(=O)C=Cc2ccccc2)ccc1N1CCC(C)CC1. The van der Waals surface area contributed by atoms with Gasteiger partial charge in [-0.15, -0.1) is 0 Å². The first-order chi connectivity index (χ1) is 14.9. The quantitative estimate of drug-likeness (QED) is 0.624. The van der Waals surface area contributed by atoms with Crippen LogP contribution in [0.4, 0.5) is 11.4 Å². The van der Waals surface area contributed by atoms with Crippen molar-refractivity contribution in [1.29, 1.82) is 0 Å². The molecule has 3 rings (SSSR count). The first-order valence-corrected chi connectivity index (χ1v) is 11.1. The molecular weight excluding hydrogens is 386 g/mol.